The Morgan fingerprint density at radius 3 is 2.67 bits per heavy atom. The number of hydrogen-bond acceptors (Lipinski definition) is 3. The minimum Gasteiger partial charge on any atom is -0.457 e. The monoisotopic (exact) mass is 282 g/mol. The molecule has 1 aliphatic heterocycles. The van der Waals surface area contributed by atoms with Crippen molar-refractivity contribution in [2.45, 2.75) is 19.8 Å². The van der Waals surface area contributed by atoms with E-state index in [0.29, 0.717) is 6.42 Å². The van der Waals surface area contributed by atoms with Crippen LogP contribution >= 0.6 is 0 Å². The van der Waals surface area contributed by atoms with Crippen molar-refractivity contribution in [2.24, 2.45) is 5.92 Å². The Kier molecular flexibility index (Phi) is 3.91. The van der Waals surface area contributed by atoms with E-state index in [-0.39, 0.29) is 18.5 Å². The second-order valence-corrected chi connectivity index (χ2v) is 5.38. The molecule has 0 saturated carbocycles. The van der Waals surface area contributed by atoms with Crippen LogP contribution in [0, 0.1) is 5.92 Å². The molecule has 1 heterocycles. The van der Waals surface area contributed by atoms with Crippen LogP contribution in [-0.4, -0.2) is 12.6 Å². The molecule has 3 rings (SSSR count). The lowest BCUT2D eigenvalue weighted by atomic mass is 9.89. The summed E-state index contributed by atoms with van der Waals surface area (Å²) in [5.41, 5.74) is 2.25. The molecule has 0 fully saturated rings. The van der Waals surface area contributed by atoms with Crippen molar-refractivity contribution >= 4 is 5.78 Å². The Balaban J connectivity index is 1.78. The zero-order chi connectivity index (χ0) is 14.7. The van der Waals surface area contributed by atoms with Gasteiger partial charge in [0, 0.05) is 12.0 Å². The van der Waals surface area contributed by atoms with Crippen molar-refractivity contribution in [3.05, 3.63) is 59.7 Å². The fourth-order valence-corrected chi connectivity index (χ4v) is 2.61. The van der Waals surface area contributed by atoms with Crippen LogP contribution in [0.25, 0.3) is 0 Å². The van der Waals surface area contributed by atoms with E-state index in [9.17, 15) is 4.79 Å². The van der Waals surface area contributed by atoms with E-state index in [0.717, 1.165) is 23.5 Å². The van der Waals surface area contributed by atoms with E-state index in [4.69, 9.17) is 9.47 Å². The van der Waals surface area contributed by atoms with E-state index in [1.807, 2.05) is 36.4 Å². The molecule has 0 aliphatic carbocycles. The molecule has 1 atom stereocenters. The molecule has 2 aromatic rings. The fourth-order valence-electron chi connectivity index (χ4n) is 2.61. The lowest BCUT2D eigenvalue weighted by molar-refractivity contribution is -0.120. The Hall–Kier alpha value is -2.29. The highest BCUT2D eigenvalue weighted by molar-refractivity contribution is 5.79. The zero-order valence-electron chi connectivity index (χ0n) is 12.0. The number of rotatable bonds is 5. The number of Topliss-reactive ketones (excluding diaryl/α,β-unsaturated/α-hetero) is 1. The molecule has 3 heteroatoms. The lowest BCUT2D eigenvalue weighted by Gasteiger charge is -2.21. The summed E-state index contributed by atoms with van der Waals surface area (Å²) in [4.78, 5) is 12.0. The van der Waals surface area contributed by atoms with Crippen LogP contribution in [0.15, 0.2) is 48.5 Å². The van der Waals surface area contributed by atoms with Crippen LogP contribution in [0.3, 0.4) is 0 Å². The second kappa shape index (κ2) is 6.00. The van der Waals surface area contributed by atoms with Gasteiger partial charge in [0.2, 0.25) is 6.79 Å². The topological polar surface area (TPSA) is 35.5 Å². The molecule has 21 heavy (non-hydrogen) atoms. The third-order valence-corrected chi connectivity index (χ3v) is 3.84. The molecule has 108 valence electrons. The van der Waals surface area contributed by atoms with Crippen LogP contribution in [0.2, 0.25) is 0 Å². The number of carbonyl (C=O) groups is 1. The molecule has 0 amide bonds. The van der Waals surface area contributed by atoms with Gasteiger partial charge in [-0.25, -0.2) is 0 Å². The van der Waals surface area contributed by atoms with E-state index < -0.39 is 0 Å². The molecule has 2 bridgehead atoms. The molecule has 0 saturated heterocycles. The molecule has 0 N–H and O–H groups in total. The van der Waals surface area contributed by atoms with Crippen molar-refractivity contribution < 1.29 is 14.3 Å². The van der Waals surface area contributed by atoms with Crippen LogP contribution in [0.4, 0.5) is 0 Å². The number of fused-ring (bicyclic) bond motifs is 2. The zero-order valence-corrected chi connectivity index (χ0v) is 12.0. The van der Waals surface area contributed by atoms with Crippen LogP contribution in [0.1, 0.15) is 18.1 Å². The molecular weight excluding hydrogens is 264 g/mol. The Labute approximate surface area is 124 Å². The summed E-state index contributed by atoms with van der Waals surface area (Å²) in [6, 6.07) is 15.9. The van der Waals surface area contributed by atoms with Gasteiger partial charge < -0.3 is 9.47 Å². The summed E-state index contributed by atoms with van der Waals surface area (Å²) in [6.07, 6.45) is 1.45. The Morgan fingerprint density at radius 1 is 1.10 bits per heavy atom. The predicted octanol–water partition coefficient (Wildman–Crippen LogP) is 3.41. The summed E-state index contributed by atoms with van der Waals surface area (Å²) < 4.78 is 10.8. The van der Waals surface area contributed by atoms with Crippen molar-refractivity contribution in [1.82, 2.24) is 0 Å². The summed E-state index contributed by atoms with van der Waals surface area (Å²) in [6.45, 7) is 1.91. The van der Waals surface area contributed by atoms with Crippen LogP contribution in [0.5, 0.6) is 11.5 Å². The molecule has 1 aliphatic rings. The van der Waals surface area contributed by atoms with Crippen molar-refractivity contribution in [3.8, 4) is 11.5 Å². The molecule has 2 aromatic carbocycles. The van der Waals surface area contributed by atoms with Crippen LogP contribution < -0.4 is 9.47 Å². The van der Waals surface area contributed by atoms with Gasteiger partial charge in [-0.15, -0.1) is 0 Å². The smallest absolute Gasteiger partial charge is 0.230 e. The fraction of sp³-hybridized carbons (Fsp3) is 0.278. The number of benzene rings is 2. The summed E-state index contributed by atoms with van der Waals surface area (Å²) in [5, 5.41) is 0. The molecule has 0 radical (unpaired) electrons. The first-order valence-corrected chi connectivity index (χ1v) is 7.15. The third kappa shape index (κ3) is 3.24. The number of ether oxygens (including phenoxy) is 2. The van der Waals surface area contributed by atoms with Crippen LogP contribution in [-0.2, 0) is 17.6 Å². The largest absolute Gasteiger partial charge is 0.457 e. The Bertz CT molecular complexity index is 634. The quantitative estimate of drug-likeness (QED) is 0.843. The molecule has 3 nitrogen and oxygen atoms in total. The average molecular weight is 282 g/mol. The predicted molar refractivity (Wildman–Crippen MR) is 80.6 cm³/mol. The minimum atomic E-state index is -0.0269. The van der Waals surface area contributed by atoms with Gasteiger partial charge in [0.25, 0.3) is 0 Å². The molecule has 1 unspecified atom stereocenters. The minimum absolute atomic E-state index is 0.0269. The van der Waals surface area contributed by atoms with E-state index in [1.54, 1.807) is 6.92 Å². The first-order valence-electron chi connectivity index (χ1n) is 7.15. The number of ketones is 1. The maximum Gasteiger partial charge on any atom is 0.230 e. The van der Waals surface area contributed by atoms with Gasteiger partial charge >= 0.3 is 0 Å². The van der Waals surface area contributed by atoms with Gasteiger partial charge in [-0.1, -0.05) is 36.4 Å². The van der Waals surface area contributed by atoms with Crippen molar-refractivity contribution in [1.29, 1.82) is 0 Å². The van der Waals surface area contributed by atoms with Gasteiger partial charge in [-0.2, -0.15) is 0 Å². The average Bonchev–Trinajstić information content (AvgIpc) is 2.50. The first-order chi connectivity index (χ1) is 10.2. The van der Waals surface area contributed by atoms with Gasteiger partial charge in [0.1, 0.15) is 17.3 Å². The Morgan fingerprint density at radius 2 is 1.90 bits per heavy atom. The van der Waals surface area contributed by atoms with Gasteiger partial charge in [0.05, 0.1) is 0 Å². The molecule has 0 spiro atoms. The second-order valence-electron chi connectivity index (χ2n) is 5.38. The van der Waals surface area contributed by atoms with Crippen molar-refractivity contribution in [2.75, 3.05) is 6.79 Å². The van der Waals surface area contributed by atoms with E-state index in [1.165, 1.54) is 5.56 Å². The summed E-state index contributed by atoms with van der Waals surface area (Å²) in [5.74, 6) is 1.84. The highest BCUT2D eigenvalue weighted by atomic mass is 16.7. The van der Waals surface area contributed by atoms with Gasteiger partial charge in [-0.3, -0.25) is 4.79 Å². The van der Waals surface area contributed by atoms with Gasteiger partial charge in [0.15, 0.2) is 0 Å². The number of carbonyl (C=O) groups excluding carboxylic acids is 1. The van der Waals surface area contributed by atoms with E-state index >= 15 is 0 Å². The maximum atomic E-state index is 12.0. The summed E-state index contributed by atoms with van der Waals surface area (Å²) in [7, 11) is 0. The standard InChI is InChI=1S/C18H18O3/c1-13(19)16(9-14-5-3-2-4-6-14)10-15-7-8-17-11-18(15)21-12-20-17/h2-8,11,16H,9-10,12H2,1H3. The summed E-state index contributed by atoms with van der Waals surface area (Å²) >= 11 is 0. The van der Waals surface area contributed by atoms with Crippen molar-refractivity contribution in [3.63, 3.8) is 0 Å². The van der Waals surface area contributed by atoms with Gasteiger partial charge in [-0.05, 0) is 37.0 Å². The number of hydrogen-bond donors (Lipinski definition) is 0. The van der Waals surface area contributed by atoms with E-state index in [2.05, 4.69) is 12.1 Å². The molecule has 0 aromatic heterocycles. The highest BCUT2D eigenvalue weighted by Gasteiger charge is 2.19. The SMILES string of the molecule is CC(=O)C(Cc1ccccc1)Cc1ccc2cc1OCO2. The third-order valence-electron chi connectivity index (χ3n) is 3.84. The lowest BCUT2D eigenvalue weighted by Crippen LogP contribution is -2.19. The maximum absolute atomic E-state index is 12.0. The first kappa shape index (κ1) is 13.7. The normalized spacial score (nSPS) is 14.0. The molecular formula is C18H18O3. The highest BCUT2D eigenvalue weighted by Crippen LogP contribution is 2.31.